The first-order valence-electron chi connectivity index (χ1n) is 11.8. The van der Waals surface area contributed by atoms with Gasteiger partial charge < -0.3 is 24.8 Å². The quantitative estimate of drug-likeness (QED) is 0.603. The number of carbonyl (C=O) groups is 1. The lowest BCUT2D eigenvalue weighted by Crippen LogP contribution is -2.37. The van der Waals surface area contributed by atoms with Gasteiger partial charge in [0.25, 0.3) is 5.91 Å². The van der Waals surface area contributed by atoms with E-state index in [-0.39, 0.29) is 11.9 Å². The van der Waals surface area contributed by atoms with Crippen LogP contribution in [0.2, 0.25) is 0 Å². The van der Waals surface area contributed by atoms with Crippen LogP contribution >= 0.6 is 0 Å². The minimum absolute atomic E-state index is 0.0654. The number of hydrogen-bond donors (Lipinski definition) is 2. The van der Waals surface area contributed by atoms with E-state index in [1.165, 1.54) is 0 Å². The van der Waals surface area contributed by atoms with E-state index in [0.717, 1.165) is 77.4 Å². The van der Waals surface area contributed by atoms with E-state index in [9.17, 15) is 4.79 Å². The molecule has 33 heavy (non-hydrogen) atoms. The number of methoxy groups -OCH3 is 1. The highest BCUT2D eigenvalue weighted by atomic mass is 16.5. The molecule has 0 bridgehead atoms. The molecule has 8 heteroatoms. The first-order chi connectivity index (χ1) is 16.1. The third kappa shape index (κ3) is 3.87. The lowest BCUT2D eigenvalue weighted by molar-refractivity contribution is 0.0732. The van der Waals surface area contributed by atoms with Crippen LogP contribution in [0.25, 0.3) is 10.9 Å². The largest absolute Gasteiger partial charge is 0.383 e. The molecular formula is C25H32N6O2. The van der Waals surface area contributed by atoms with Crippen LogP contribution in [-0.4, -0.2) is 59.2 Å². The highest BCUT2D eigenvalue weighted by molar-refractivity contribution is 6.08. The van der Waals surface area contributed by atoms with Crippen LogP contribution < -0.4 is 10.6 Å². The molecule has 5 rings (SSSR count). The first kappa shape index (κ1) is 21.9. The summed E-state index contributed by atoms with van der Waals surface area (Å²) in [5.41, 5.74) is 4.92. The highest BCUT2D eigenvalue weighted by Crippen LogP contribution is 2.31. The number of rotatable bonds is 6. The number of anilines is 1. The number of benzene rings is 1. The molecule has 3 aromatic rings. The standard InChI is InChI=1S/C25H32N6O2/c1-16-22(18-7-4-5-9-21(18)31(16)13-14-33-3)25(32)30-12-10-17-20(15-30)28-24(29-23(17)26-2)19-8-6-11-27-19/h4-5,7,9,19,27H,6,8,10-15H2,1-3H3,(H,26,28,29)/t19-/m0/s1. The number of nitrogens with zero attached hydrogens (tertiary/aromatic N) is 4. The van der Waals surface area contributed by atoms with Gasteiger partial charge in [0.15, 0.2) is 0 Å². The van der Waals surface area contributed by atoms with Gasteiger partial charge >= 0.3 is 0 Å². The van der Waals surface area contributed by atoms with Crippen molar-refractivity contribution in [1.82, 2.24) is 24.8 Å². The van der Waals surface area contributed by atoms with Crippen molar-refractivity contribution in [2.24, 2.45) is 0 Å². The monoisotopic (exact) mass is 448 g/mol. The van der Waals surface area contributed by atoms with Gasteiger partial charge in [0, 0.05) is 49.4 Å². The van der Waals surface area contributed by atoms with Crippen LogP contribution in [0.3, 0.4) is 0 Å². The van der Waals surface area contributed by atoms with E-state index >= 15 is 0 Å². The van der Waals surface area contributed by atoms with Crippen molar-refractivity contribution in [2.45, 2.75) is 45.3 Å². The molecule has 1 amide bonds. The van der Waals surface area contributed by atoms with Crippen molar-refractivity contribution in [2.75, 3.05) is 39.2 Å². The fourth-order valence-corrected chi connectivity index (χ4v) is 5.22. The average Bonchev–Trinajstić information content (AvgIpc) is 3.47. The molecule has 2 aromatic heterocycles. The molecule has 2 N–H and O–H groups in total. The molecule has 1 fully saturated rings. The lowest BCUT2D eigenvalue weighted by atomic mass is 10.0. The molecule has 8 nitrogen and oxygen atoms in total. The summed E-state index contributed by atoms with van der Waals surface area (Å²) in [6.45, 7) is 5.51. The Bertz CT molecular complexity index is 1180. The molecule has 0 saturated carbocycles. The number of ether oxygens (including phenoxy) is 1. The zero-order valence-electron chi connectivity index (χ0n) is 19.6. The molecular weight excluding hydrogens is 416 g/mol. The van der Waals surface area contributed by atoms with Crippen LogP contribution in [-0.2, 0) is 24.2 Å². The molecule has 0 unspecified atom stereocenters. The Hall–Kier alpha value is -2.97. The molecule has 1 saturated heterocycles. The summed E-state index contributed by atoms with van der Waals surface area (Å²) < 4.78 is 7.50. The molecule has 2 aliphatic rings. The molecule has 0 spiro atoms. The number of amides is 1. The third-order valence-electron chi connectivity index (χ3n) is 6.94. The average molecular weight is 449 g/mol. The highest BCUT2D eigenvalue weighted by Gasteiger charge is 2.30. The topological polar surface area (TPSA) is 84.3 Å². The number of para-hydroxylation sites is 1. The number of hydrogen-bond acceptors (Lipinski definition) is 6. The van der Waals surface area contributed by atoms with E-state index in [1.807, 2.05) is 37.1 Å². The maximum Gasteiger partial charge on any atom is 0.256 e. The predicted octanol–water partition coefficient (Wildman–Crippen LogP) is 3.05. The maximum atomic E-state index is 13.8. The molecule has 1 atom stereocenters. The number of aromatic nitrogens is 3. The number of carbonyl (C=O) groups excluding carboxylic acids is 1. The van der Waals surface area contributed by atoms with E-state index in [4.69, 9.17) is 14.7 Å². The summed E-state index contributed by atoms with van der Waals surface area (Å²) >= 11 is 0. The molecule has 4 heterocycles. The number of nitrogens with one attached hydrogen (secondary N) is 2. The summed E-state index contributed by atoms with van der Waals surface area (Å²) in [6.07, 6.45) is 2.93. The molecule has 1 aromatic carbocycles. The van der Waals surface area contributed by atoms with Crippen LogP contribution in [0.5, 0.6) is 0 Å². The van der Waals surface area contributed by atoms with E-state index in [0.29, 0.717) is 19.7 Å². The first-order valence-corrected chi connectivity index (χ1v) is 11.8. The number of fused-ring (bicyclic) bond motifs is 2. The maximum absolute atomic E-state index is 13.8. The Morgan fingerprint density at radius 1 is 1.30 bits per heavy atom. The second-order valence-electron chi connectivity index (χ2n) is 8.85. The normalized spacial score (nSPS) is 18.0. The van der Waals surface area contributed by atoms with Crippen molar-refractivity contribution < 1.29 is 9.53 Å². The summed E-state index contributed by atoms with van der Waals surface area (Å²) in [7, 11) is 3.61. The fourth-order valence-electron chi connectivity index (χ4n) is 5.22. The van der Waals surface area contributed by atoms with Gasteiger partial charge in [-0.1, -0.05) is 18.2 Å². The van der Waals surface area contributed by atoms with Gasteiger partial charge in [0.05, 0.1) is 30.5 Å². The summed E-state index contributed by atoms with van der Waals surface area (Å²) in [4.78, 5) is 25.5. The van der Waals surface area contributed by atoms with Crippen LogP contribution in [0, 0.1) is 6.92 Å². The SMILES string of the molecule is CNc1nc([C@@H]2CCCN2)nc2c1CCN(C(=O)c1c(C)n(CCOC)c3ccccc13)C2. The van der Waals surface area contributed by atoms with Crippen molar-refractivity contribution in [1.29, 1.82) is 0 Å². The van der Waals surface area contributed by atoms with E-state index in [2.05, 4.69) is 21.3 Å². The van der Waals surface area contributed by atoms with Crippen LogP contribution in [0.15, 0.2) is 24.3 Å². The predicted molar refractivity (Wildman–Crippen MR) is 129 cm³/mol. The van der Waals surface area contributed by atoms with Gasteiger partial charge in [-0.25, -0.2) is 9.97 Å². The Labute approximate surface area is 194 Å². The van der Waals surface area contributed by atoms with Crippen LogP contribution in [0.1, 0.15) is 52.0 Å². The lowest BCUT2D eigenvalue weighted by Gasteiger charge is -2.30. The molecule has 0 aliphatic carbocycles. The summed E-state index contributed by atoms with van der Waals surface area (Å²) in [5.74, 6) is 1.79. The Morgan fingerprint density at radius 3 is 2.91 bits per heavy atom. The van der Waals surface area contributed by atoms with Gasteiger partial charge in [0.2, 0.25) is 0 Å². The zero-order chi connectivity index (χ0) is 22.9. The second-order valence-corrected chi connectivity index (χ2v) is 8.85. The molecule has 0 radical (unpaired) electrons. The van der Waals surface area contributed by atoms with Crippen molar-refractivity contribution in [3.63, 3.8) is 0 Å². The summed E-state index contributed by atoms with van der Waals surface area (Å²) in [5, 5.41) is 7.74. The second kappa shape index (κ2) is 9.11. The van der Waals surface area contributed by atoms with Gasteiger partial charge in [-0.15, -0.1) is 0 Å². The van der Waals surface area contributed by atoms with E-state index in [1.54, 1.807) is 7.11 Å². The Morgan fingerprint density at radius 2 is 2.15 bits per heavy atom. The fraction of sp³-hybridized carbons (Fsp3) is 0.480. The van der Waals surface area contributed by atoms with Crippen molar-refractivity contribution in [3.05, 3.63) is 52.6 Å². The zero-order valence-corrected chi connectivity index (χ0v) is 19.6. The van der Waals surface area contributed by atoms with Crippen molar-refractivity contribution in [3.8, 4) is 0 Å². The minimum atomic E-state index is 0.0654. The van der Waals surface area contributed by atoms with Gasteiger partial charge in [-0.3, -0.25) is 4.79 Å². The minimum Gasteiger partial charge on any atom is -0.383 e. The molecule has 174 valence electrons. The molecule has 2 aliphatic heterocycles. The smallest absolute Gasteiger partial charge is 0.256 e. The third-order valence-corrected chi connectivity index (χ3v) is 6.94. The van der Waals surface area contributed by atoms with Gasteiger partial charge in [-0.05, 0) is 38.8 Å². The van der Waals surface area contributed by atoms with Gasteiger partial charge in [0.1, 0.15) is 11.6 Å². The van der Waals surface area contributed by atoms with Crippen molar-refractivity contribution >= 4 is 22.6 Å². The Balaban J connectivity index is 1.49. The van der Waals surface area contributed by atoms with Crippen LogP contribution in [0.4, 0.5) is 5.82 Å². The van der Waals surface area contributed by atoms with E-state index < -0.39 is 0 Å². The van der Waals surface area contributed by atoms with Gasteiger partial charge in [-0.2, -0.15) is 0 Å². The summed E-state index contributed by atoms with van der Waals surface area (Å²) in [6, 6.07) is 8.33. The Kier molecular flexibility index (Phi) is 6.03.